The van der Waals surface area contributed by atoms with Gasteiger partial charge in [0.05, 0.1) is 21.7 Å². The van der Waals surface area contributed by atoms with Gasteiger partial charge in [-0.15, -0.1) is 0 Å². The lowest BCUT2D eigenvalue weighted by molar-refractivity contribution is -0.148. The van der Waals surface area contributed by atoms with Crippen LogP contribution in [-0.2, 0) is 19.1 Å². The van der Waals surface area contributed by atoms with E-state index in [2.05, 4.69) is 42.0 Å². The van der Waals surface area contributed by atoms with Gasteiger partial charge in [-0.25, -0.2) is 9.80 Å². The van der Waals surface area contributed by atoms with Gasteiger partial charge in [-0.3, -0.25) is 15.0 Å². The minimum Gasteiger partial charge on any atom is -0.477 e. The van der Waals surface area contributed by atoms with Crippen LogP contribution in [0.25, 0.3) is 6.08 Å². The lowest BCUT2D eigenvalue weighted by atomic mass is 10.1. The van der Waals surface area contributed by atoms with Crippen molar-refractivity contribution in [2.24, 2.45) is 0 Å². The van der Waals surface area contributed by atoms with Gasteiger partial charge in [-0.05, 0) is 74.7 Å². The molecule has 0 bridgehead atoms. The number of carbonyl (C=O) groups excluding carboxylic acids is 3. The van der Waals surface area contributed by atoms with E-state index in [1.165, 1.54) is 18.2 Å². The first-order chi connectivity index (χ1) is 13.8. The highest BCUT2D eigenvalue weighted by Crippen LogP contribution is 2.36. The van der Waals surface area contributed by atoms with Crippen molar-refractivity contribution in [2.75, 3.05) is 12.1 Å². The van der Waals surface area contributed by atoms with Crippen molar-refractivity contribution >= 4 is 61.4 Å². The Morgan fingerprint density at radius 2 is 1.76 bits per heavy atom. The first-order valence-electron chi connectivity index (χ1n) is 8.47. The number of nitrogens with one attached hydrogen (secondary N) is 1. The SMILES string of the molecule is COC(=O)[C@H](C)Oc1c(Br)cc(/C=C2/C(=O)NN(c3ccccc3)C2=O)cc1Br. The van der Waals surface area contributed by atoms with Crippen LogP contribution in [0.1, 0.15) is 12.5 Å². The Morgan fingerprint density at radius 1 is 1.14 bits per heavy atom. The van der Waals surface area contributed by atoms with Gasteiger partial charge in [-0.1, -0.05) is 18.2 Å². The first-order valence-corrected chi connectivity index (χ1v) is 10.1. The molecule has 0 unspecified atom stereocenters. The topological polar surface area (TPSA) is 84.9 Å². The fourth-order valence-electron chi connectivity index (χ4n) is 2.65. The molecule has 1 aliphatic heterocycles. The van der Waals surface area contributed by atoms with Crippen molar-refractivity contribution in [3.63, 3.8) is 0 Å². The second-order valence-corrected chi connectivity index (χ2v) is 7.78. The number of nitrogens with zero attached hydrogens (tertiary/aromatic N) is 1. The van der Waals surface area contributed by atoms with E-state index in [1.54, 1.807) is 43.3 Å². The molecule has 7 nitrogen and oxygen atoms in total. The number of benzene rings is 2. The van der Waals surface area contributed by atoms with Gasteiger partial charge in [0.1, 0.15) is 11.3 Å². The van der Waals surface area contributed by atoms with Crippen LogP contribution in [0, 0.1) is 0 Å². The average Bonchev–Trinajstić information content (AvgIpc) is 2.98. The van der Waals surface area contributed by atoms with E-state index in [4.69, 9.17) is 4.74 Å². The molecule has 0 saturated carbocycles. The summed E-state index contributed by atoms with van der Waals surface area (Å²) in [5, 5.41) is 1.20. The third kappa shape index (κ3) is 4.51. The molecule has 2 amide bonds. The minimum absolute atomic E-state index is 0.00394. The number of anilines is 1. The number of hydrogen-bond donors (Lipinski definition) is 1. The average molecular weight is 524 g/mol. The summed E-state index contributed by atoms with van der Waals surface area (Å²) in [6.07, 6.45) is 0.683. The molecule has 0 aromatic heterocycles. The molecule has 1 atom stereocenters. The summed E-state index contributed by atoms with van der Waals surface area (Å²) < 4.78 is 11.4. The molecule has 1 heterocycles. The number of methoxy groups -OCH3 is 1. The predicted octanol–water partition coefficient (Wildman–Crippen LogP) is 3.61. The number of halogens is 2. The van der Waals surface area contributed by atoms with Gasteiger partial charge in [0.2, 0.25) is 0 Å². The highest BCUT2D eigenvalue weighted by atomic mass is 79.9. The van der Waals surface area contributed by atoms with Crippen molar-refractivity contribution in [1.29, 1.82) is 0 Å². The van der Waals surface area contributed by atoms with Crippen LogP contribution in [0.5, 0.6) is 5.75 Å². The molecule has 150 valence electrons. The summed E-state index contributed by atoms with van der Waals surface area (Å²) in [6.45, 7) is 1.57. The number of carbonyl (C=O) groups is 3. The van der Waals surface area contributed by atoms with Gasteiger partial charge in [0.25, 0.3) is 11.8 Å². The van der Waals surface area contributed by atoms with Gasteiger partial charge >= 0.3 is 5.97 Å². The maximum absolute atomic E-state index is 12.7. The Morgan fingerprint density at radius 3 is 2.34 bits per heavy atom. The van der Waals surface area contributed by atoms with Gasteiger partial charge in [0.15, 0.2) is 6.10 Å². The van der Waals surface area contributed by atoms with E-state index in [1.807, 2.05) is 6.07 Å². The number of para-hydroxylation sites is 1. The summed E-state index contributed by atoms with van der Waals surface area (Å²) in [7, 11) is 1.28. The van der Waals surface area contributed by atoms with E-state index < -0.39 is 23.9 Å². The van der Waals surface area contributed by atoms with E-state index >= 15 is 0 Å². The van der Waals surface area contributed by atoms with Crippen LogP contribution in [-0.4, -0.2) is 31.0 Å². The summed E-state index contributed by atoms with van der Waals surface area (Å²) >= 11 is 6.79. The minimum atomic E-state index is -0.807. The Labute approximate surface area is 183 Å². The van der Waals surface area contributed by atoms with Crippen LogP contribution in [0.2, 0.25) is 0 Å². The molecule has 0 spiro atoms. The van der Waals surface area contributed by atoms with Crippen molar-refractivity contribution < 1.29 is 23.9 Å². The second kappa shape index (κ2) is 8.79. The summed E-state index contributed by atoms with van der Waals surface area (Å²) in [4.78, 5) is 36.6. The largest absolute Gasteiger partial charge is 0.477 e. The molecule has 1 fully saturated rings. The van der Waals surface area contributed by atoms with Crippen molar-refractivity contribution in [3.05, 3.63) is 62.5 Å². The highest BCUT2D eigenvalue weighted by Gasteiger charge is 2.34. The van der Waals surface area contributed by atoms with Crippen LogP contribution in [0.3, 0.4) is 0 Å². The highest BCUT2D eigenvalue weighted by molar-refractivity contribution is 9.11. The standard InChI is InChI=1S/C20H16Br2N2O5/c1-11(20(27)28-2)29-17-15(21)9-12(10-16(17)22)8-14-18(25)23-24(19(14)26)13-6-4-3-5-7-13/h3-11H,1-2H3,(H,23,25)/b14-8-/t11-/m0/s1. The zero-order chi connectivity index (χ0) is 21.1. The Bertz CT molecular complexity index is 984. The zero-order valence-electron chi connectivity index (χ0n) is 15.4. The van der Waals surface area contributed by atoms with Crippen LogP contribution < -0.4 is 15.2 Å². The fourth-order valence-corrected chi connectivity index (χ4v) is 4.06. The molecular weight excluding hydrogens is 508 g/mol. The number of amides is 2. The number of hydrogen-bond acceptors (Lipinski definition) is 5. The smallest absolute Gasteiger partial charge is 0.346 e. The molecule has 29 heavy (non-hydrogen) atoms. The maximum atomic E-state index is 12.7. The molecule has 1 aliphatic rings. The van der Waals surface area contributed by atoms with Crippen LogP contribution in [0.15, 0.2) is 57.0 Å². The normalized spacial score (nSPS) is 16.0. The fraction of sp³-hybridized carbons (Fsp3) is 0.150. The van der Waals surface area contributed by atoms with Crippen LogP contribution >= 0.6 is 31.9 Å². The molecule has 9 heteroatoms. The summed E-state index contributed by atoms with van der Waals surface area (Å²) in [5.41, 5.74) is 3.72. The van der Waals surface area contributed by atoms with Crippen molar-refractivity contribution in [3.8, 4) is 5.75 Å². The predicted molar refractivity (Wildman–Crippen MR) is 114 cm³/mol. The lowest BCUT2D eigenvalue weighted by Crippen LogP contribution is -2.35. The number of rotatable bonds is 5. The molecule has 2 aromatic rings. The first kappa shape index (κ1) is 21.1. The lowest BCUT2D eigenvalue weighted by Gasteiger charge is -2.15. The monoisotopic (exact) mass is 522 g/mol. The Kier molecular flexibility index (Phi) is 6.39. The van der Waals surface area contributed by atoms with Gasteiger partial charge in [0, 0.05) is 0 Å². The molecule has 0 radical (unpaired) electrons. The Hall–Kier alpha value is -2.65. The third-order valence-electron chi connectivity index (χ3n) is 4.07. The number of ether oxygens (including phenoxy) is 2. The second-order valence-electron chi connectivity index (χ2n) is 6.07. The van der Waals surface area contributed by atoms with E-state index in [-0.39, 0.29) is 5.57 Å². The quantitative estimate of drug-likeness (QED) is 0.367. The molecule has 0 aliphatic carbocycles. The number of esters is 1. The Balaban J connectivity index is 1.88. The molecule has 1 N–H and O–H groups in total. The van der Waals surface area contributed by atoms with Gasteiger partial charge in [-0.2, -0.15) is 0 Å². The third-order valence-corrected chi connectivity index (χ3v) is 5.24. The maximum Gasteiger partial charge on any atom is 0.346 e. The van der Waals surface area contributed by atoms with Crippen molar-refractivity contribution in [2.45, 2.75) is 13.0 Å². The van der Waals surface area contributed by atoms with Crippen molar-refractivity contribution in [1.82, 2.24) is 5.43 Å². The molecule has 1 saturated heterocycles. The number of hydrazine groups is 1. The van der Waals surface area contributed by atoms with Gasteiger partial charge < -0.3 is 9.47 Å². The zero-order valence-corrected chi connectivity index (χ0v) is 18.6. The van der Waals surface area contributed by atoms with E-state index in [9.17, 15) is 14.4 Å². The molecule has 2 aromatic carbocycles. The summed E-state index contributed by atoms with van der Waals surface area (Å²) in [5.74, 6) is -1.05. The van der Waals surface area contributed by atoms with E-state index in [0.717, 1.165) is 0 Å². The molecule has 3 rings (SSSR count). The summed E-state index contributed by atoms with van der Waals surface area (Å²) in [6, 6.07) is 12.2. The molecular formula is C20H16Br2N2O5. The van der Waals surface area contributed by atoms with Crippen LogP contribution in [0.4, 0.5) is 5.69 Å². The van der Waals surface area contributed by atoms with E-state index in [0.29, 0.717) is 25.9 Å².